The van der Waals surface area contributed by atoms with E-state index in [4.69, 9.17) is 5.73 Å². The number of benzene rings is 1. The minimum absolute atomic E-state index is 0.213. The van der Waals surface area contributed by atoms with Crippen molar-refractivity contribution in [3.8, 4) is 0 Å². The summed E-state index contributed by atoms with van der Waals surface area (Å²) in [7, 11) is 0. The van der Waals surface area contributed by atoms with Crippen LogP contribution in [0.1, 0.15) is 29.9 Å². The molecular weight excluding hydrogens is 289 g/mol. The van der Waals surface area contributed by atoms with E-state index < -0.39 is 5.54 Å². The lowest BCUT2D eigenvalue weighted by molar-refractivity contribution is -0.120. The van der Waals surface area contributed by atoms with Crippen LogP contribution in [0, 0.1) is 12.7 Å². The second-order valence-electron chi connectivity index (χ2n) is 5.57. The summed E-state index contributed by atoms with van der Waals surface area (Å²) in [6.45, 7) is 4.99. The molecule has 3 N–H and O–H groups in total. The van der Waals surface area contributed by atoms with Gasteiger partial charge in [-0.2, -0.15) is 0 Å². The Kier molecular flexibility index (Phi) is 4.39. The summed E-state index contributed by atoms with van der Waals surface area (Å²) in [5, 5.41) is 3.18. The van der Waals surface area contributed by atoms with Crippen molar-refractivity contribution in [3.63, 3.8) is 0 Å². The van der Waals surface area contributed by atoms with Gasteiger partial charge in [0.05, 0.1) is 5.54 Å². The predicted molar refractivity (Wildman–Crippen MR) is 83.0 cm³/mol. The molecular formula is C15H18FN3OS. The van der Waals surface area contributed by atoms with Crippen LogP contribution in [-0.4, -0.2) is 16.4 Å². The SMILES string of the molecule is Cc1ccc(Cc2cnc(NC(=O)C(C)(C)N)s2)cc1F. The maximum Gasteiger partial charge on any atom is 0.245 e. The quantitative estimate of drug-likeness (QED) is 0.912. The van der Waals surface area contributed by atoms with Gasteiger partial charge in [-0.1, -0.05) is 12.1 Å². The monoisotopic (exact) mass is 307 g/mol. The van der Waals surface area contributed by atoms with E-state index in [1.165, 1.54) is 17.4 Å². The first kappa shape index (κ1) is 15.6. The molecule has 2 aromatic rings. The van der Waals surface area contributed by atoms with Crippen LogP contribution in [0.15, 0.2) is 24.4 Å². The van der Waals surface area contributed by atoms with Crippen molar-refractivity contribution >= 4 is 22.4 Å². The maximum absolute atomic E-state index is 13.5. The Morgan fingerprint density at radius 2 is 2.19 bits per heavy atom. The largest absolute Gasteiger partial charge is 0.318 e. The summed E-state index contributed by atoms with van der Waals surface area (Å²) in [6, 6.07) is 5.17. The standard InChI is InChI=1S/C15H18FN3OS/c1-9-4-5-10(7-12(9)16)6-11-8-18-14(21-11)19-13(20)15(2,3)17/h4-5,7-8H,6,17H2,1-3H3,(H,18,19,20). The van der Waals surface area contributed by atoms with Crippen molar-refractivity contribution in [1.29, 1.82) is 0 Å². The number of halogens is 1. The molecule has 2 rings (SSSR count). The zero-order valence-corrected chi connectivity index (χ0v) is 13.1. The molecule has 1 heterocycles. The van der Waals surface area contributed by atoms with Gasteiger partial charge in [0.1, 0.15) is 5.82 Å². The van der Waals surface area contributed by atoms with Gasteiger partial charge >= 0.3 is 0 Å². The summed E-state index contributed by atoms with van der Waals surface area (Å²) < 4.78 is 13.5. The number of rotatable bonds is 4. The van der Waals surface area contributed by atoms with Gasteiger partial charge in [0.2, 0.25) is 5.91 Å². The summed E-state index contributed by atoms with van der Waals surface area (Å²) in [6.07, 6.45) is 2.26. The highest BCUT2D eigenvalue weighted by molar-refractivity contribution is 7.15. The van der Waals surface area contributed by atoms with Crippen molar-refractivity contribution in [1.82, 2.24) is 4.98 Å². The number of carbonyl (C=O) groups is 1. The molecule has 0 aliphatic carbocycles. The number of carbonyl (C=O) groups excluding carboxylic acids is 1. The number of aryl methyl sites for hydroxylation is 1. The molecule has 112 valence electrons. The first-order valence-electron chi connectivity index (χ1n) is 6.56. The number of nitrogens with zero attached hydrogens (tertiary/aromatic N) is 1. The van der Waals surface area contributed by atoms with Crippen molar-refractivity contribution in [2.45, 2.75) is 32.7 Å². The van der Waals surface area contributed by atoms with Gasteiger partial charge in [-0.15, -0.1) is 11.3 Å². The molecule has 0 atom stereocenters. The van der Waals surface area contributed by atoms with E-state index >= 15 is 0 Å². The Balaban J connectivity index is 2.06. The molecule has 1 aromatic heterocycles. The van der Waals surface area contributed by atoms with Gasteiger partial charge in [0, 0.05) is 17.5 Å². The fraction of sp³-hybridized carbons (Fsp3) is 0.333. The average Bonchev–Trinajstić information content (AvgIpc) is 2.80. The van der Waals surface area contributed by atoms with Gasteiger partial charge in [0.25, 0.3) is 0 Å². The van der Waals surface area contributed by atoms with Gasteiger partial charge < -0.3 is 11.1 Å². The van der Waals surface area contributed by atoms with Gasteiger partial charge in [-0.25, -0.2) is 9.37 Å². The molecule has 4 nitrogen and oxygen atoms in total. The number of nitrogens with two attached hydrogens (primary N) is 1. The Bertz CT molecular complexity index is 661. The minimum atomic E-state index is -0.952. The summed E-state index contributed by atoms with van der Waals surface area (Å²) in [5.41, 5.74) is 6.26. The lowest BCUT2D eigenvalue weighted by atomic mass is 10.1. The number of aromatic nitrogens is 1. The highest BCUT2D eigenvalue weighted by Crippen LogP contribution is 2.22. The third kappa shape index (κ3) is 4.09. The van der Waals surface area contributed by atoms with E-state index in [0.717, 1.165) is 10.4 Å². The molecule has 0 saturated heterocycles. The average molecular weight is 307 g/mol. The molecule has 0 aliphatic heterocycles. The molecule has 0 saturated carbocycles. The normalized spacial score (nSPS) is 11.5. The lowest BCUT2D eigenvalue weighted by Gasteiger charge is -2.16. The van der Waals surface area contributed by atoms with Crippen LogP contribution >= 0.6 is 11.3 Å². The fourth-order valence-electron chi connectivity index (χ4n) is 1.65. The topological polar surface area (TPSA) is 68.0 Å². The van der Waals surface area contributed by atoms with Gasteiger partial charge in [0.15, 0.2) is 5.13 Å². The minimum Gasteiger partial charge on any atom is -0.318 e. The van der Waals surface area contributed by atoms with Crippen LogP contribution in [0.2, 0.25) is 0 Å². The fourth-order valence-corrected chi connectivity index (χ4v) is 2.49. The number of hydrogen-bond acceptors (Lipinski definition) is 4. The van der Waals surface area contributed by atoms with E-state index in [-0.39, 0.29) is 11.7 Å². The molecule has 0 radical (unpaired) electrons. The van der Waals surface area contributed by atoms with Crippen LogP contribution in [0.5, 0.6) is 0 Å². The Hall–Kier alpha value is -1.79. The van der Waals surface area contributed by atoms with Gasteiger partial charge in [-0.3, -0.25) is 4.79 Å². The van der Waals surface area contributed by atoms with E-state index in [1.807, 2.05) is 6.07 Å². The Morgan fingerprint density at radius 1 is 1.48 bits per heavy atom. The number of thiazole rings is 1. The molecule has 6 heteroatoms. The van der Waals surface area contributed by atoms with Crippen molar-refractivity contribution < 1.29 is 9.18 Å². The number of anilines is 1. The van der Waals surface area contributed by atoms with Crippen molar-refractivity contribution in [3.05, 3.63) is 46.2 Å². The Labute approximate surface area is 127 Å². The molecule has 21 heavy (non-hydrogen) atoms. The van der Waals surface area contributed by atoms with Crippen LogP contribution < -0.4 is 11.1 Å². The van der Waals surface area contributed by atoms with Crippen molar-refractivity contribution in [2.75, 3.05) is 5.32 Å². The molecule has 0 bridgehead atoms. The molecule has 1 aromatic carbocycles. The zero-order chi connectivity index (χ0) is 15.6. The zero-order valence-electron chi connectivity index (χ0n) is 12.2. The summed E-state index contributed by atoms with van der Waals surface area (Å²) >= 11 is 1.36. The second-order valence-corrected chi connectivity index (χ2v) is 6.68. The number of nitrogens with one attached hydrogen (secondary N) is 1. The number of amides is 1. The second kappa shape index (κ2) is 5.91. The summed E-state index contributed by atoms with van der Waals surface area (Å²) in [4.78, 5) is 16.9. The Morgan fingerprint density at radius 3 is 2.81 bits per heavy atom. The van der Waals surface area contributed by atoms with Gasteiger partial charge in [-0.05, 0) is 38.0 Å². The highest BCUT2D eigenvalue weighted by atomic mass is 32.1. The predicted octanol–water partition coefficient (Wildman–Crippen LogP) is 2.86. The van der Waals surface area contributed by atoms with Crippen molar-refractivity contribution in [2.24, 2.45) is 5.73 Å². The van der Waals surface area contributed by atoms with Crippen LogP contribution in [0.3, 0.4) is 0 Å². The van der Waals surface area contributed by atoms with Crippen LogP contribution in [0.4, 0.5) is 9.52 Å². The maximum atomic E-state index is 13.5. The molecule has 0 aliphatic rings. The molecule has 0 fully saturated rings. The molecule has 0 spiro atoms. The first-order chi connectivity index (χ1) is 9.75. The molecule has 0 unspecified atom stereocenters. The smallest absolute Gasteiger partial charge is 0.245 e. The van der Waals surface area contributed by atoms with E-state index in [9.17, 15) is 9.18 Å². The van der Waals surface area contributed by atoms with Crippen LogP contribution in [-0.2, 0) is 11.2 Å². The lowest BCUT2D eigenvalue weighted by Crippen LogP contribution is -2.45. The van der Waals surface area contributed by atoms with E-state index in [0.29, 0.717) is 17.1 Å². The third-order valence-corrected chi connectivity index (χ3v) is 3.89. The van der Waals surface area contributed by atoms with Crippen LogP contribution in [0.25, 0.3) is 0 Å². The molecule has 1 amide bonds. The third-order valence-electron chi connectivity index (χ3n) is 2.97. The first-order valence-corrected chi connectivity index (χ1v) is 7.37. The summed E-state index contributed by atoms with van der Waals surface area (Å²) in [5.74, 6) is -0.500. The highest BCUT2D eigenvalue weighted by Gasteiger charge is 2.22. The van der Waals surface area contributed by atoms with E-state index in [1.54, 1.807) is 33.0 Å². The number of hydrogen-bond donors (Lipinski definition) is 2. The van der Waals surface area contributed by atoms with E-state index in [2.05, 4.69) is 10.3 Å².